The summed E-state index contributed by atoms with van der Waals surface area (Å²) >= 11 is 1.64. The van der Waals surface area contributed by atoms with Crippen molar-refractivity contribution in [2.75, 3.05) is 11.6 Å². The van der Waals surface area contributed by atoms with Gasteiger partial charge in [0.25, 0.3) is 0 Å². The first-order chi connectivity index (χ1) is 12.8. The number of carbonyl (C=O) groups excluding carboxylic acids is 1. The summed E-state index contributed by atoms with van der Waals surface area (Å²) in [6, 6.07) is 9.41. The van der Waals surface area contributed by atoms with Crippen molar-refractivity contribution in [3.8, 4) is 5.75 Å². The van der Waals surface area contributed by atoms with E-state index in [9.17, 15) is 9.90 Å². The van der Waals surface area contributed by atoms with Gasteiger partial charge in [-0.15, -0.1) is 11.8 Å². The molecule has 0 aliphatic rings. The third kappa shape index (κ3) is 5.02. The molecular formula is C23H32N2O2S. The summed E-state index contributed by atoms with van der Waals surface area (Å²) in [7, 11) is 0. The van der Waals surface area contributed by atoms with Crippen LogP contribution in [-0.2, 0) is 17.3 Å². The van der Waals surface area contributed by atoms with E-state index in [-0.39, 0.29) is 10.8 Å². The van der Waals surface area contributed by atoms with Gasteiger partial charge in [0, 0.05) is 17.0 Å². The Hall–Kier alpha value is -2.14. The van der Waals surface area contributed by atoms with Crippen molar-refractivity contribution in [1.29, 1.82) is 0 Å². The quantitative estimate of drug-likeness (QED) is 0.569. The molecule has 0 bridgehead atoms. The highest BCUT2D eigenvalue weighted by atomic mass is 32.2. The molecule has 0 heterocycles. The molecule has 0 unspecified atom stereocenters. The number of hydrogen-bond acceptors (Lipinski definition) is 3. The van der Waals surface area contributed by atoms with Gasteiger partial charge in [0.05, 0.1) is 0 Å². The molecule has 0 atom stereocenters. The normalized spacial score (nSPS) is 12.1. The Balaban J connectivity index is 2.66. The fraction of sp³-hybridized carbons (Fsp3) is 0.435. The largest absolute Gasteiger partial charge is 0.507 e. The Bertz CT molecular complexity index is 842. The van der Waals surface area contributed by atoms with Gasteiger partial charge in [0.1, 0.15) is 5.75 Å². The molecule has 2 aromatic carbocycles. The Morgan fingerprint density at radius 1 is 1.07 bits per heavy atom. The van der Waals surface area contributed by atoms with Crippen LogP contribution in [0.15, 0.2) is 35.2 Å². The van der Waals surface area contributed by atoms with E-state index < -0.39 is 6.03 Å². The maximum atomic E-state index is 11.5. The number of nitrogens with one attached hydrogen (secondary N) is 1. The summed E-state index contributed by atoms with van der Waals surface area (Å²) in [5, 5.41) is 13.7. The molecule has 0 aromatic heterocycles. The van der Waals surface area contributed by atoms with Crippen LogP contribution in [0.5, 0.6) is 5.75 Å². The van der Waals surface area contributed by atoms with Crippen LogP contribution in [0.1, 0.15) is 63.8 Å². The molecule has 5 heteroatoms. The Morgan fingerprint density at radius 3 is 2.04 bits per heavy atom. The van der Waals surface area contributed by atoms with Crippen molar-refractivity contribution in [2.45, 2.75) is 63.7 Å². The Kier molecular flexibility index (Phi) is 6.39. The molecule has 0 radical (unpaired) electrons. The molecule has 0 fully saturated rings. The van der Waals surface area contributed by atoms with Crippen LogP contribution in [0, 0.1) is 0 Å². The molecule has 0 saturated carbocycles. The minimum Gasteiger partial charge on any atom is -0.507 e. The number of phenolic OH excluding ortho intramolecular Hbond substituents is 1. The number of thioether (sulfide) groups is 1. The van der Waals surface area contributed by atoms with Crippen molar-refractivity contribution >= 4 is 23.5 Å². The highest BCUT2D eigenvalue weighted by Crippen LogP contribution is 2.41. The topological polar surface area (TPSA) is 75.3 Å². The molecule has 2 amide bonds. The molecule has 0 aliphatic carbocycles. The van der Waals surface area contributed by atoms with E-state index in [4.69, 9.17) is 5.73 Å². The van der Waals surface area contributed by atoms with Gasteiger partial charge >= 0.3 is 6.03 Å². The van der Waals surface area contributed by atoms with E-state index in [1.54, 1.807) is 11.8 Å². The number of carbonyl (C=O) groups is 1. The van der Waals surface area contributed by atoms with Gasteiger partial charge < -0.3 is 16.2 Å². The van der Waals surface area contributed by atoms with Crippen LogP contribution in [0.25, 0.3) is 0 Å². The standard InChI is InChI=1S/C23H32N2O2S/c1-22(2,3)16-12-14(13-17(20(16)26)23(4,5)6)11-15-18(25-21(24)27)9-8-10-19(15)28-7/h8-10,12-13,26H,11H2,1-7H3,(H3,24,25,27). The fourth-order valence-corrected chi connectivity index (χ4v) is 3.98. The number of amides is 2. The third-order valence-corrected chi connectivity index (χ3v) is 5.60. The molecule has 0 saturated heterocycles. The second kappa shape index (κ2) is 8.08. The van der Waals surface area contributed by atoms with Gasteiger partial charge in [-0.05, 0) is 51.5 Å². The maximum absolute atomic E-state index is 11.5. The molecule has 2 aromatic rings. The minimum atomic E-state index is -0.573. The molecule has 4 nitrogen and oxygen atoms in total. The summed E-state index contributed by atoms with van der Waals surface area (Å²) in [6.45, 7) is 12.6. The second-order valence-electron chi connectivity index (χ2n) is 9.19. The predicted molar refractivity (Wildman–Crippen MR) is 120 cm³/mol. The fourth-order valence-electron chi connectivity index (χ4n) is 3.33. The number of nitrogens with two attached hydrogens (primary N) is 1. The Morgan fingerprint density at radius 2 is 1.61 bits per heavy atom. The number of hydrogen-bond donors (Lipinski definition) is 3. The van der Waals surface area contributed by atoms with E-state index in [1.165, 1.54) is 0 Å². The molecule has 0 spiro atoms. The zero-order valence-electron chi connectivity index (χ0n) is 17.9. The van der Waals surface area contributed by atoms with Crippen LogP contribution in [0.3, 0.4) is 0 Å². The lowest BCUT2D eigenvalue weighted by Gasteiger charge is -2.28. The summed E-state index contributed by atoms with van der Waals surface area (Å²) in [5.41, 5.74) is 9.71. The van der Waals surface area contributed by atoms with E-state index in [0.29, 0.717) is 12.2 Å². The minimum absolute atomic E-state index is 0.187. The number of phenols is 1. The van der Waals surface area contributed by atoms with Crippen molar-refractivity contribution < 1.29 is 9.90 Å². The van der Waals surface area contributed by atoms with Crippen molar-refractivity contribution in [3.05, 3.63) is 52.6 Å². The SMILES string of the molecule is CSc1cccc(NC(N)=O)c1Cc1cc(C(C)(C)C)c(O)c(C(C)(C)C)c1. The van der Waals surface area contributed by atoms with Crippen molar-refractivity contribution in [3.63, 3.8) is 0 Å². The van der Waals surface area contributed by atoms with Gasteiger partial charge in [0.15, 0.2) is 0 Å². The monoisotopic (exact) mass is 400 g/mol. The van der Waals surface area contributed by atoms with Crippen LogP contribution >= 0.6 is 11.8 Å². The van der Waals surface area contributed by atoms with Crippen molar-refractivity contribution in [2.24, 2.45) is 5.73 Å². The number of primary amides is 1. The molecule has 152 valence electrons. The lowest BCUT2D eigenvalue weighted by molar-refractivity contribution is 0.259. The number of anilines is 1. The van der Waals surface area contributed by atoms with Crippen LogP contribution in [0.4, 0.5) is 10.5 Å². The molecule has 4 N–H and O–H groups in total. The summed E-state index contributed by atoms with van der Waals surface area (Å²) in [5.74, 6) is 0.373. The van der Waals surface area contributed by atoms with Crippen LogP contribution < -0.4 is 11.1 Å². The smallest absolute Gasteiger partial charge is 0.316 e. The highest BCUT2D eigenvalue weighted by molar-refractivity contribution is 7.98. The first-order valence-electron chi connectivity index (χ1n) is 9.43. The molecule has 28 heavy (non-hydrogen) atoms. The van der Waals surface area contributed by atoms with E-state index in [0.717, 1.165) is 32.8 Å². The number of rotatable bonds is 4. The lowest BCUT2D eigenvalue weighted by atomic mass is 9.78. The second-order valence-corrected chi connectivity index (χ2v) is 10.0. The predicted octanol–water partition coefficient (Wildman–Crippen LogP) is 5.79. The highest BCUT2D eigenvalue weighted by Gasteiger charge is 2.27. The zero-order valence-corrected chi connectivity index (χ0v) is 18.8. The molecule has 0 aliphatic heterocycles. The Labute approximate surface area is 172 Å². The first-order valence-corrected chi connectivity index (χ1v) is 10.7. The van der Waals surface area contributed by atoms with Gasteiger partial charge in [-0.2, -0.15) is 0 Å². The van der Waals surface area contributed by atoms with Gasteiger partial charge in [-0.1, -0.05) is 59.7 Å². The average molecular weight is 401 g/mol. The molecular weight excluding hydrogens is 368 g/mol. The van der Waals surface area contributed by atoms with Crippen LogP contribution in [-0.4, -0.2) is 17.4 Å². The number of urea groups is 1. The maximum Gasteiger partial charge on any atom is 0.316 e. The molecule has 2 rings (SSSR count). The van der Waals surface area contributed by atoms with Crippen molar-refractivity contribution in [1.82, 2.24) is 0 Å². The van der Waals surface area contributed by atoms with Crippen LogP contribution in [0.2, 0.25) is 0 Å². The van der Waals surface area contributed by atoms with Gasteiger partial charge in [0.2, 0.25) is 0 Å². The first kappa shape index (κ1) is 22.2. The third-order valence-electron chi connectivity index (χ3n) is 4.78. The summed E-state index contributed by atoms with van der Waals surface area (Å²) in [4.78, 5) is 12.6. The lowest BCUT2D eigenvalue weighted by Crippen LogP contribution is -2.20. The zero-order chi connectivity index (χ0) is 21.3. The van der Waals surface area contributed by atoms with Gasteiger partial charge in [-0.25, -0.2) is 4.79 Å². The van der Waals surface area contributed by atoms with E-state index >= 15 is 0 Å². The van der Waals surface area contributed by atoms with E-state index in [2.05, 4.69) is 59.0 Å². The summed E-state index contributed by atoms with van der Waals surface area (Å²) < 4.78 is 0. The number of aromatic hydroxyl groups is 1. The van der Waals surface area contributed by atoms with E-state index in [1.807, 2.05) is 24.5 Å². The number of benzene rings is 2. The van der Waals surface area contributed by atoms with Gasteiger partial charge in [-0.3, -0.25) is 0 Å². The average Bonchev–Trinajstić information content (AvgIpc) is 2.55. The summed E-state index contributed by atoms with van der Waals surface area (Å²) in [6.07, 6.45) is 2.66.